The summed E-state index contributed by atoms with van der Waals surface area (Å²) in [7, 11) is -3.01. The fourth-order valence-corrected chi connectivity index (χ4v) is 3.32. The van der Waals surface area contributed by atoms with E-state index in [1.165, 1.54) is 0 Å². The average Bonchev–Trinajstić information content (AvgIpc) is 3.23. The third kappa shape index (κ3) is 4.08. The summed E-state index contributed by atoms with van der Waals surface area (Å²) in [5, 5.41) is 0. The molecule has 2 aromatic rings. The maximum absolute atomic E-state index is 13.0. The fraction of sp³-hybridized carbons (Fsp3) is 0.421. The lowest BCUT2D eigenvalue weighted by Crippen LogP contribution is -2.09. The van der Waals surface area contributed by atoms with Crippen LogP contribution in [0, 0.1) is 0 Å². The first-order valence-electron chi connectivity index (χ1n) is 9.06. The first-order valence-corrected chi connectivity index (χ1v) is 9.06. The molecule has 2 N–H and O–H groups in total. The molecule has 0 bridgehead atoms. The lowest BCUT2D eigenvalue weighted by molar-refractivity contribution is 0.104. The predicted molar refractivity (Wildman–Crippen MR) is 100 cm³/mol. The van der Waals surface area contributed by atoms with Crippen molar-refractivity contribution in [2.45, 2.75) is 53.4 Å². The summed E-state index contributed by atoms with van der Waals surface area (Å²) in [6.45, 7) is 7.91. The molecule has 0 fully saturated rings. The number of hydrogen-bond acceptors (Lipinski definition) is 2. The van der Waals surface area contributed by atoms with Gasteiger partial charge in [0.1, 0.15) is 5.76 Å². The van der Waals surface area contributed by atoms with Gasteiger partial charge in [-0.05, 0) is 47.9 Å². The number of rotatable bonds is 9. The highest BCUT2D eigenvalue weighted by atomic mass is 19.2. The quantitative estimate of drug-likeness (QED) is 0.293. The van der Waals surface area contributed by atoms with Crippen LogP contribution >= 0.6 is 0 Å². The smallest absolute Gasteiger partial charge is 0.503 e. The molecule has 2 heterocycles. The van der Waals surface area contributed by atoms with E-state index in [9.17, 15) is 13.4 Å². The summed E-state index contributed by atoms with van der Waals surface area (Å²) in [4.78, 5) is 18.7. The minimum Gasteiger partial charge on any atom is -0.503 e. The second-order valence-electron chi connectivity index (χ2n) is 6.00. The zero-order valence-corrected chi connectivity index (χ0v) is 15.7. The van der Waals surface area contributed by atoms with Gasteiger partial charge in [0.15, 0.2) is 0 Å². The Morgan fingerprint density at radius 3 is 1.92 bits per heavy atom. The molecule has 0 spiro atoms. The summed E-state index contributed by atoms with van der Waals surface area (Å²) in [5.74, 6) is -0.497. The summed E-state index contributed by atoms with van der Waals surface area (Å²) < 4.78 is 30.6. The number of hydrogen-bond donors (Lipinski definition) is 2. The van der Waals surface area contributed by atoms with E-state index < -0.39 is 7.47 Å². The molecule has 0 saturated heterocycles. The van der Waals surface area contributed by atoms with Gasteiger partial charge < -0.3 is 14.6 Å². The van der Waals surface area contributed by atoms with Gasteiger partial charge in [-0.1, -0.05) is 27.7 Å². The Morgan fingerprint density at radius 2 is 1.46 bits per heavy atom. The number of aromatic amines is 2. The second-order valence-corrected chi connectivity index (χ2v) is 6.00. The van der Waals surface area contributed by atoms with Crippen molar-refractivity contribution in [1.82, 2.24) is 9.97 Å². The molecule has 0 atom stereocenters. The number of carbonyl (C=O) groups is 1. The van der Waals surface area contributed by atoms with Crippen LogP contribution in [0.5, 0.6) is 0 Å². The lowest BCUT2D eigenvalue weighted by atomic mass is 10.0. The van der Waals surface area contributed by atoms with E-state index in [1.807, 2.05) is 27.7 Å². The van der Waals surface area contributed by atoms with Crippen molar-refractivity contribution in [3.63, 3.8) is 0 Å². The van der Waals surface area contributed by atoms with Gasteiger partial charge in [-0.25, -0.2) is 8.63 Å². The van der Waals surface area contributed by atoms with Gasteiger partial charge >= 0.3 is 7.47 Å². The molecule has 0 radical (unpaired) electrons. The van der Waals surface area contributed by atoms with E-state index >= 15 is 0 Å². The largest absolute Gasteiger partial charge is 0.796 e. The normalized spacial score (nSPS) is 11.7. The van der Waals surface area contributed by atoms with Crippen LogP contribution in [0.3, 0.4) is 0 Å². The Labute approximate surface area is 153 Å². The number of halogens is 2. The number of aryl methyl sites for hydroxylation is 2. The van der Waals surface area contributed by atoms with Crippen LogP contribution < -0.4 is 0 Å². The molecular weight excluding hydrogens is 337 g/mol. The zero-order valence-electron chi connectivity index (χ0n) is 15.7. The van der Waals surface area contributed by atoms with Crippen LogP contribution in [0.15, 0.2) is 18.5 Å². The van der Waals surface area contributed by atoms with Crippen molar-refractivity contribution in [1.29, 1.82) is 0 Å². The summed E-state index contributed by atoms with van der Waals surface area (Å²) in [6, 6.07) is 0. The predicted octanol–water partition coefficient (Wildman–Crippen LogP) is 4.76. The van der Waals surface area contributed by atoms with Gasteiger partial charge in [-0.3, -0.25) is 4.79 Å². The van der Waals surface area contributed by atoms with Gasteiger partial charge in [0.2, 0.25) is 5.78 Å². The molecule has 0 unspecified atom stereocenters. The van der Waals surface area contributed by atoms with E-state index in [-0.39, 0.29) is 11.5 Å². The third-order valence-corrected chi connectivity index (χ3v) is 4.60. The van der Waals surface area contributed by atoms with Crippen molar-refractivity contribution in [2.24, 2.45) is 0 Å². The molecule has 0 aliphatic heterocycles. The van der Waals surface area contributed by atoms with E-state index in [2.05, 4.69) is 9.97 Å². The van der Waals surface area contributed by atoms with Gasteiger partial charge in [-0.2, -0.15) is 0 Å². The van der Waals surface area contributed by atoms with Crippen LogP contribution in [-0.2, 0) is 30.3 Å². The lowest BCUT2D eigenvalue weighted by Gasteiger charge is -2.10. The van der Waals surface area contributed by atoms with Crippen molar-refractivity contribution < 1.29 is 18.1 Å². The summed E-state index contributed by atoms with van der Waals surface area (Å²) >= 11 is 0. The molecule has 0 amide bonds. The highest BCUT2D eigenvalue weighted by Gasteiger charge is 2.25. The van der Waals surface area contributed by atoms with Gasteiger partial charge in [0.25, 0.3) is 0 Å². The van der Waals surface area contributed by atoms with Gasteiger partial charge in [0, 0.05) is 18.5 Å². The molecule has 2 rings (SSSR count). The molecule has 4 nitrogen and oxygen atoms in total. The molecule has 140 valence electrons. The first kappa shape index (κ1) is 20.0. The van der Waals surface area contributed by atoms with E-state index in [1.54, 1.807) is 12.4 Å². The monoisotopic (exact) mass is 362 g/mol. The minimum atomic E-state index is -3.01. The van der Waals surface area contributed by atoms with E-state index in [0.29, 0.717) is 24.2 Å². The van der Waals surface area contributed by atoms with Gasteiger partial charge in [0.05, 0.1) is 11.4 Å². The standard InChI is InChI=1S/C19H25BF2N2O2/c1-5-12-10-23-18(14(12)7-3)16(25)9-17(26-20(21)22)19-15(8-4)13(6-2)11-24-19/h9-11,23-24H,5-8H2,1-4H3/b17-9+. The molecule has 0 aromatic carbocycles. The highest BCUT2D eigenvalue weighted by Crippen LogP contribution is 2.26. The number of carbonyl (C=O) groups excluding carboxylic acids is 1. The average molecular weight is 362 g/mol. The SMILES string of the molecule is CCc1c[nH]c(C(=O)/C=C(/OB(F)F)c2[nH]cc(CC)c2CC)c1CC. The second kappa shape index (κ2) is 8.87. The molecule has 2 aromatic heterocycles. The van der Waals surface area contributed by atoms with Crippen LogP contribution in [0.4, 0.5) is 8.63 Å². The van der Waals surface area contributed by atoms with Crippen LogP contribution in [0.1, 0.15) is 66.1 Å². The maximum atomic E-state index is 13.0. The number of H-pyrrole nitrogens is 2. The minimum absolute atomic E-state index is 0.128. The fourth-order valence-electron chi connectivity index (χ4n) is 3.32. The molecule has 0 aliphatic rings. The zero-order chi connectivity index (χ0) is 19.3. The number of nitrogens with one attached hydrogen (secondary N) is 2. The van der Waals surface area contributed by atoms with E-state index in [0.717, 1.165) is 41.2 Å². The topological polar surface area (TPSA) is 57.9 Å². The Kier molecular flexibility index (Phi) is 6.83. The molecule has 7 heteroatoms. The Hall–Kier alpha value is -2.31. The Morgan fingerprint density at radius 1 is 0.962 bits per heavy atom. The highest BCUT2D eigenvalue weighted by molar-refractivity contribution is 6.36. The van der Waals surface area contributed by atoms with Crippen molar-refractivity contribution in [2.75, 3.05) is 0 Å². The number of allylic oxidation sites excluding steroid dienone is 1. The number of aromatic nitrogens is 2. The van der Waals surface area contributed by atoms with Crippen LogP contribution in [0.25, 0.3) is 5.76 Å². The molecular formula is C19H25BF2N2O2. The first-order chi connectivity index (χ1) is 12.5. The third-order valence-electron chi connectivity index (χ3n) is 4.60. The van der Waals surface area contributed by atoms with Crippen molar-refractivity contribution >= 4 is 19.0 Å². The molecule has 0 aliphatic carbocycles. The summed E-state index contributed by atoms with van der Waals surface area (Å²) in [5.41, 5.74) is 4.77. The van der Waals surface area contributed by atoms with Crippen molar-refractivity contribution in [3.8, 4) is 0 Å². The van der Waals surface area contributed by atoms with Crippen molar-refractivity contribution in [3.05, 3.63) is 52.1 Å². The number of ketones is 1. The molecule has 26 heavy (non-hydrogen) atoms. The maximum Gasteiger partial charge on any atom is 0.796 e. The van der Waals surface area contributed by atoms with Crippen LogP contribution in [0.2, 0.25) is 0 Å². The van der Waals surface area contributed by atoms with E-state index in [4.69, 9.17) is 4.65 Å². The van der Waals surface area contributed by atoms with Gasteiger partial charge in [-0.15, -0.1) is 0 Å². The van der Waals surface area contributed by atoms with Crippen LogP contribution in [-0.4, -0.2) is 23.2 Å². The Bertz CT molecular complexity index is 794. The Balaban J connectivity index is 2.48. The molecule has 0 saturated carbocycles. The summed E-state index contributed by atoms with van der Waals surface area (Å²) in [6.07, 6.45) is 7.65.